The molecule has 0 amide bonds. The molecule has 68 valence electrons. The van der Waals surface area contributed by atoms with Crippen LogP contribution in [0.4, 0.5) is 0 Å². The van der Waals surface area contributed by atoms with Crippen LogP contribution < -0.4 is 4.74 Å². The second-order valence-electron chi connectivity index (χ2n) is 2.75. The fourth-order valence-electron chi connectivity index (χ4n) is 1.17. The number of hydrogen-bond donors (Lipinski definition) is 0. The van der Waals surface area contributed by atoms with E-state index in [1.54, 1.807) is 24.5 Å². The summed E-state index contributed by atoms with van der Waals surface area (Å²) >= 11 is 0. The monoisotopic (exact) mass is 179 g/mol. The average molecular weight is 179 g/mol. The first kappa shape index (κ1) is 8.04. The maximum absolute atomic E-state index is 11.0. The van der Waals surface area contributed by atoms with Crippen LogP contribution in [0, 0.1) is 0 Å². The Hall–Kier alpha value is -1.58. The van der Waals surface area contributed by atoms with E-state index in [4.69, 9.17) is 9.47 Å². The SMILES string of the molecule is O=C1OCCC1Oc1ccncc1. The summed E-state index contributed by atoms with van der Waals surface area (Å²) in [5, 5.41) is 0. The Bertz CT molecular complexity index is 299. The van der Waals surface area contributed by atoms with Crippen molar-refractivity contribution in [1.29, 1.82) is 0 Å². The van der Waals surface area contributed by atoms with Crippen molar-refractivity contribution in [2.75, 3.05) is 6.61 Å². The quantitative estimate of drug-likeness (QED) is 0.629. The van der Waals surface area contributed by atoms with Gasteiger partial charge in [0.05, 0.1) is 6.61 Å². The van der Waals surface area contributed by atoms with E-state index in [9.17, 15) is 4.79 Å². The van der Waals surface area contributed by atoms with E-state index in [0.29, 0.717) is 18.8 Å². The largest absolute Gasteiger partial charge is 0.478 e. The molecular formula is C9H9NO3. The number of ether oxygens (including phenoxy) is 2. The molecule has 1 atom stereocenters. The number of esters is 1. The number of hydrogen-bond acceptors (Lipinski definition) is 4. The second kappa shape index (κ2) is 3.43. The highest BCUT2D eigenvalue weighted by molar-refractivity contribution is 5.76. The molecule has 1 aromatic rings. The molecular weight excluding hydrogens is 170 g/mol. The number of carbonyl (C=O) groups is 1. The number of rotatable bonds is 2. The van der Waals surface area contributed by atoms with E-state index < -0.39 is 6.10 Å². The van der Waals surface area contributed by atoms with Crippen molar-refractivity contribution in [3.8, 4) is 5.75 Å². The number of nitrogens with zero attached hydrogens (tertiary/aromatic N) is 1. The maximum Gasteiger partial charge on any atom is 0.347 e. The molecule has 0 spiro atoms. The Labute approximate surface area is 75.5 Å². The molecule has 1 aliphatic heterocycles. The van der Waals surface area contributed by atoms with Crippen LogP contribution in [0.15, 0.2) is 24.5 Å². The standard InChI is InChI=1S/C9H9NO3/c11-9-8(3-6-12-9)13-7-1-4-10-5-2-7/h1-2,4-5,8H,3,6H2. The van der Waals surface area contributed by atoms with Crippen LogP contribution in [-0.2, 0) is 9.53 Å². The van der Waals surface area contributed by atoms with Crippen molar-refractivity contribution in [2.24, 2.45) is 0 Å². The molecule has 1 saturated heterocycles. The number of cyclic esters (lactones) is 1. The van der Waals surface area contributed by atoms with Crippen molar-refractivity contribution in [2.45, 2.75) is 12.5 Å². The lowest BCUT2D eigenvalue weighted by Crippen LogP contribution is -2.21. The van der Waals surface area contributed by atoms with E-state index in [1.807, 2.05) is 0 Å². The van der Waals surface area contributed by atoms with Crippen LogP contribution in [0.2, 0.25) is 0 Å². The summed E-state index contributed by atoms with van der Waals surface area (Å²) in [6.07, 6.45) is 3.43. The van der Waals surface area contributed by atoms with Gasteiger partial charge in [-0.3, -0.25) is 4.98 Å². The van der Waals surface area contributed by atoms with Gasteiger partial charge in [-0.15, -0.1) is 0 Å². The van der Waals surface area contributed by atoms with Crippen molar-refractivity contribution < 1.29 is 14.3 Å². The minimum atomic E-state index is -0.442. The topological polar surface area (TPSA) is 48.4 Å². The third-order valence-corrected chi connectivity index (χ3v) is 1.82. The van der Waals surface area contributed by atoms with Gasteiger partial charge >= 0.3 is 5.97 Å². The fourth-order valence-corrected chi connectivity index (χ4v) is 1.17. The zero-order valence-electron chi connectivity index (χ0n) is 6.97. The first-order valence-corrected chi connectivity index (χ1v) is 4.09. The Morgan fingerprint density at radius 1 is 1.46 bits per heavy atom. The summed E-state index contributed by atoms with van der Waals surface area (Å²) in [6.45, 7) is 0.453. The molecule has 0 aromatic carbocycles. The lowest BCUT2D eigenvalue weighted by molar-refractivity contribution is -0.143. The molecule has 0 aliphatic carbocycles. The fraction of sp³-hybridized carbons (Fsp3) is 0.333. The summed E-state index contributed by atoms with van der Waals surface area (Å²) in [6, 6.07) is 3.43. The van der Waals surface area contributed by atoms with Gasteiger partial charge in [0.1, 0.15) is 5.75 Å². The second-order valence-corrected chi connectivity index (χ2v) is 2.75. The van der Waals surface area contributed by atoms with Crippen LogP contribution in [0.1, 0.15) is 6.42 Å². The van der Waals surface area contributed by atoms with Gasteiger partial charge in [-0.25, -0.2) is 4.79 Å². The van der Waals surface area contributed by atoms with Gasteiger partial charge in [0, 0.05) is 18.8 Å². The highest BCUT2D eigenvalue weighted by Gasteiger charge is 2.28. The molecule has 4 nitrogen and oxygen atoms in total. The van der Waals surface area contributed by atoms with Crippen LogP contribution in [-0.4, -0.2) is 23.7 Å². The van der Waals surface area contributed by atoms with E-state index in [1.165, 1.54) is 0 Å². The van der Waals surface area contributed by atoms with Gasteiger partial charge in [0.15, 0.2) is 6.10 Å². The molecule has 2 heterocycles. The van der Waals surface area contributed by atoms with Crippen LogP contribution in [0.25, 0.3) is 0 Å². The molecule has 0 radical (unpaired) electrons. The van der Waals surface area contributed by atoms with E-state index in [2.05, 4.69) is 4.98 Å². The Kier molecular flexibility index (Phi) is 2.12. The van der Waals surface area contributed by atoms with Crippen molar-refractivity contribution in [3.05, 3.63) is 24.5 Å². The number of pyridine rings is 1. The third kappa shape index (κ3) is 1.77. The highest BCUT2D eigenvalue weighted by Crippen LogP contribution is 2.15. The van der Waals surface area contributed by atoms with Gasteiger partial charge in [-0.05, 0) is 12.1 Å². The number of carbonyl (C=O) groups excluding carboxylic acids is 1. The van der Waals surface area contributed by atoms with Gasteiger partial charge < -0.3 is 9.47 Å². The normalized spacial score (nSPS) is 21.2. The lowest BCUT2D eigenvalue weighted by atomic mass is 10.3. The lowest BCUT2D eigenvalue weighted by Gasteiger charge is -2.08. The average Bonchev–Trinajstić information content (AvgIpc) is 2.54. The summed E-state index contributed by atoms with van der Waals surface area (Å²) in [7, 11) is 0. The van der Waals surface area contributed by atoms with Crippen molar-refractivity contribution in [3.63, 3.8) is 0 Å². The molecule has 2 rings (SSSR count). The molecule has 4 heteroatoms. The molecule has 1 aromatic heterocycles. The van der Waals surface area contributed by atoms with Crippen LogP contribution >= 0.6 is 0 Å². The Morgan fingerprint density at radius 2 is 2.23 bits per heavy atom. The Balaban J connectivity index is 2.02. The van der Waals surface area contributed by atoms with Crippen LogP contribution in [0.3, 0.4) is 0 Å². The highest BCUT2D eigenvalue weighted by atomic mass is 16.6. The van der Waals surface area contributed by atoms with Crippen molar-refractivity contribution >= 4 is 5.97 Å². The minimum Gasteiger partial charge on any atom is -0.478 e. The molecule has 0 N–H and O–H groups in total. The molecule has 1 aliphatic rings. The summed E-state index contributed by atoms with van der Waals surface area (Å²) in [4.78, 5) is 14.9. The summed E-state index contributed by atoms with van der Waals surface area (Å²) in [5.41, 5.74) is 0. The maximum atomic E-state index is 11.0. The van der Waals surface area contributed by atoms with Gasteiger partial charge in [-0.1, -0.05) is 0 Å². The summed E-state index contributed by atoms with van der Waals surface area (Å²) < 4.78 is 10.1. The van der Waals surface area contributed by atoms with Crippen LogP contribution in [0.5, 0.6) is 5.75 Å². The van der Waals surface area contributed by atoms with Gasteiger partial charge in [-0.2, -0.15) is 0 Å². The smallest absolute Gasteiger partial charge is 0.347 e. The summed E-state index contributed by atoms with van der Waals surface area (Å²) in [5.74, 6) is 0.371. The first-order valence-electron chi connectivity index (χ1n) is 4.09. The molecule has 1 unspecified atom stereocenters. The molecule has 0 bridgehead atoms. The van der Waals surface area contributed by atoms with Gasteiger partial charge in [0.25, 0.3) is 0 Å². The van der Waals surface area contributed by atoms with E-state index >= 15 is 0 Å². The molecule has 0 saturated carbocycles. The van der Waals surface area contributed by atoms with Gasteiger partial charge in [0.2, 0.25) is 0 Å². The molecule has 13 heavy (non-hydrogen) atoms. The number of aromatic nitrogens is 1. The first-order chi connectivity index (χ1) is 6.36. The van der Waals surface area contributed by atoms with Crippen molar-refractivity contribution in [1.82, 2.24) is 4.98 Å². The van der Waals surface area contributed by atoms with E-state index in [0.717, 1.165) is 0 Å². The minimum absolute atomic E-state index is 0.281. The molecule has 1 fully saturated rings. The predicted molar refractivity (Wildman–Crippen MR) is 44.2 cm³/mol. The predicted octanol–water partition coefficient (Wildman–Crippen LogP) is 0.776. The third-order valence-electron chi connectivity index (χ3n) is 1.82. The zero-order valence-corrected chi connectivity index (χ0v) is 6.97. The van der Waals surface area contributed by atoms with E-state index in [-0.39, 0.29) is 5.97 Å². The zero-order chi connectivity index (χ0) is 9.10. The Morgan fingerprint density at radius 3 is 2.85 bits per heavy atom.